The third-order valence-corrected chi connectivity index (χ3v) is 7.60. The van der Waals surface area contributed by atoms with Gasteiger partial charge >= 0.3 is 5.97 Å². The van der Waals surface area contributed by atoms with Crippen molar-refractivity contribution < 1.29 is 13.9 Å². The number of thiophene rings is 1. The van der Waals surface area contributed by atoms with Crippen LogP contribution in [-0.2, 0) is 24.1 Å². The number of fused-ring (bicyclic) bond motifs is 1. The van der Waals surface area contributed by atoms with Crippen molar-refractivity contribution in [1.29, 1.82) is 0 Å². The number of halogens is 1. The summed E-state index contributed by atoms with van der Waals surface area (Å²) in [5, 5.41) is 12.1. The summed E-state index contributed by atoms with van der Waals surface area (Å²) >= 11 is 7.19. The number of hydrogen-bond donors (Lipinski definition) is 2. The Balaban J connectivity index is 1.55. The first-order valence-electron chi connectivity index (χ1n) is 11.5. The molecule has 0 atom stereocenters. The van der Waals surface area contributed by atoms with Gasteiger partial charge in [0.1, 0.15) is 10.8 Å². The molecule has 4 rings (SSSR count). The number of aryl methyl sites for hydroxylation is 2. The van der Waals surface area contributed by atoms with Gasteiger partial charge < -0.3 is 15.4 Å². The van der Waals surface area contributed by atoms with Crippen molar-refractivity contribution in [1.82, 2.24) is 9.78 Å². The molecule has 0 spiro atoms. The second-order valence-corrected chi connectivity index (χ2v) is 10.0. The zero-order chi connectivity index (χ0) is 24.2. The summed E-state index contributed by atoms with van der Waals surface area (Å²) in [6, 6.07) is 6.68. The lowest BCUT2D eigenvalue weighted by Gasteiger charge is -2.12. The molecule has 1 aromatic carbocycles. The molecule has 2 N–H and O–H groups in total. The molecule has 0 fully saturated rings. The van der Waals surface area contributed by atoms with E-state index in [2.05, 4.69) is 15.7 Å². The molecule has 0 unspecified atom stereocenters. The van der Waals surface area contributed by atoms with E-state index in [1.807, 2.05) is 19.9 Å². The lowest BCUT2D eigenvalue weighted by atomic mass is 9.96. The number of nitrogens with one attached hydrogen (secondary N) is 2. The van der Waals surface area contributed by atoms with Crippen molar-refractivity contribution in [2.24, 2.45) is 0 Å². The number of hydrogen-bond acceptors (Lipinski definition) is 5. The number of esters is 1. The number of thiocarbonyl (C=S) groups is 1. The van der Waals surface area contributed by atoms with E-state index >= 15 is 0 Å². The first kappa shape index (κ1) is 24.3. The molecule has 180 valence electrons. The van der Waals surface area contributed by atoms with E-state index in [0.29, 0.717) is 27.8 Å². The molecule has 9 heteroatoms. The molecule has 6 nitrogen and oxygen atoms in total. The van der Waals surface area contributed by atoms with Gasteiger partial charge in [0.15, 0.2) is 5.11 Å². The molecule has 0 bridgehead atoms. The summed E-state index contributed by atoms with van der Waals surface area (Å²) in [5.41, 5.74) is 4.62. The highest BCUT2D eigenvalue weighted by molar-refractivity contribution is 7.80. The first-order chi connectivity index (χ1) is 16.4. The highest BCUT2D eigenvalue weighted by Crippen LogP contribution is 2.37. The van der Waals surface area contributed by atoms with E-state index in [-0.39, 0.29) is 11.8 Å². The van der Waals surface area contributed by atoms with Gasteiger partial charge in [-0.25, -0.2) is 9.18 Å². The average molecular weight is 501 g/mol. The summed E-state index contributed by atoms with van der Waals surface area (Å²) < 4.78 is 21.0. The second-order valence-electron chi connectivity index (χ2n) is 8.49. The molecule has 3 aromatic rings. The van der Waals surface area contributed by atoms with Crippen LogP contribution in [0.3, 0.4) is 0 Å². The number of carbonyl (C=O) groups is 1. The van der Waals surface area contributed by atoms with E-state index in [0.717, 1.165) is 48.3 Å². The highest BCUT2D eigenvalue weighted by Gasteiger charge is 2.25. The maximum absolute atomic E-state index is 14.1. The molecular weight excluding hydrogens is 471 g/mol. The van der Waals surface area contributed by atoms with Crippen LogP contribution in [0.15, 0.2) is 24.3 Å². The van der Waals surface area contributed by atoms with Crippen LogP contribution in [0.5, 0.6) is 0 Å². The molecule has 1 aliphatic rings. The van der Waals surface area contributed by atoms with Crippen LogP contribution >= 0.6 is 23.6 Å². The summed E-state index contributed by atoms with van der Waals surface area (Å²) in [4.78, 5) is 13.9. The Bertz CT molecular complexity index is 1220. The molecule has 0 aliphatic heterocycles. The number of ether oxygens (including phenoxy) is 1. The fourth-order valence-corrected chi connectivity index (χ4v) is 5.94. The molecular formula is C25H29FN4O2S2. The topological polar surface area (TPSA) is 68.2 Å². The molecule has 1 aliphatic carbocycles. The fourth-order valence-electron chi connectivity index (χ4n) is 4.39. The number of methoxy groups -OCH3 is 1. The zero-order valence-corrected chi connectivity index (χ0v) is 21.3. The Morgan fingerprint density at radius 3 is 2.65 bits per heavy atom. The van der Waals surface area contributed by atoms with Gasteiger partial charge in [0.05, 0.1) is 36.3 Å². The van der Waals surface area contributed by atoms with Gasteiger partial charge in [0.25, 0.3) is 0 Å². The number of rotatable bonds is 5. The molecule has 34 heavy (non-hydrogen) atoms. The minimum atomic E-state index is -0.339. The maximum atomic E-state index is 14.1. The van der Waals surface area contributed by atoms with E-state index in [1.54, 1.807) is 28.2 Å². The lowest BCUT2D eigenvalue weighted by Crippen LogP contribution is -2.21. The van der Waals surface area contributed by atoms with Gasteiger partial charge in [0.2, 0.25) is 0 Å². The van der Waals surface area contributed by atoms with Crippen LogP contribution < -0.4 is 10.6 Å². The third-order valence-electron chi connectivity index (χ3n) is 6.19. The Kier molecular flexibility index (Phi) is 7.63. The Labute approximate surface area is 208 Å². The number of carbonyl (C=O) groups excluding carboxylic acids is 1. The SMILES string of the molecule is COC(=O)c1c(NC(=S)Nc2c(C)nn(Cc3ccccc3F)c2C)sc2c1CCCCCC2. The molecule has 0 saturated heterocycles. The lowest BCUT2D eigenvalue weighted by molar-refractivity contribution is 0.0601. The molecule has 2 heterocycles. The van der Waals surface area contributed by atoms with Gasteiger partial charge in [-0.15, -0.1) is 11.3 Å². The van der Waals surface area contributed by atoms with Gasteiger partial charge in [-0.3, -0.25) is 4.68 Å². The van der Waals surface area contributed by atoms with E-state index in [9.17, 15) is 9.18 Å². The number of aromatic nitrogens is 2. The van der Waals surface area contributed by atoms with Gasteiger partial charge in [-0.1, -0.05) is 31.0 Å². The van der Waals surface area contributed by atoms with Crippen molar-refractivity contribution in [3.05, 3.63) is 63.0 Å². The quantitative estimate of drug-likeness (QED) is 0.331. The summed E-state index contributed by atoms with van der Waals surface area (Å²) in [5.74, 6) is -0.598. The summed E-state index contributed by atoms with van der Waals surface area (Å²) in [6.45, 7) is 4.13. The first-order valence-corrected chi connectivity index (χ1v) is 12.7. The smallest absolute Gasteiger partial charge is 0.341 e. The summed E-state index contributed by atoms with van der Waals surface area (Å²) in [6.07, 6.45) is 6.41. The summed E-state index contributed by atoms with van der Waals surface area (Å²) in [7, 11) is 1.41. The predicted octanol–water partition coefficient (Wildman–Crippen LogP) is 6.00. The molecule has 0 radical (unpaired) electrons. The van der Waals surface area contributed by atoms with E-state index in [1.165, 1.54) is 30.9 Å². The third kappa shape index (κ3) is 5.15. The Hall–Kier alpha value is -2.78. The van der Waals surface area contributed by atoms with Crippen molar-refractivity contribution in [2.45, 2.75) is 58.9 Å². The van der Waals surface area contributed by atoms with Crippen LogP contribution in [-0.4, -0.2) is 28.0 Å². The predicted molar refractivity (Wildman–Crippen MR) is 139 cm³/mol. The Morgan fingerprint density at radius 1 is 1.18 bits per heavy atom. The van der Waals surface area contributed by atoms with Gasteiger partial charge in [-0.05, 0) is 63.4 Å². The van der Waals surface area contributed by atoms with Crippen molar-refractivity contribution >= 4 is 45.3 Å². The van der Waals surface area contributed by atoms with Crippen LogP contribution in [0.1, 0.15) is 63.4 Å². The second kappa shape index (κ2) is 10.7. The minimum Gasteiger partial charge on any atom is -0.465 e. The van der Waals surface area contributed by atoms with E-state index < -0.39 is 0 Å². The zero-order valence-electron chi connectivity index (χ0n) is 19.7. The largest absolute Gasteiger partial charge is 0.465 e. The van der Waals surface area contributed by atoms with Gasteiger partial charge in [0, 0.05) is 10.4 Å². The minimum absolute atomic E-state index is 0.259. The Morgan fingerprint density at radius 2 is 1.91 bits per heavy atom. The number of anilines is 2. The van der Waals surface area contributed by atoms with Crippen LogP contribution in [0, 0.1) is 19.7 Å². The number of nitrogens with zero attached hydrogens (tertiary/aromatic N) is 2. The van der Waals surface area contributed by atoms with Crippen LogP contribution in [0.25, 0.3) is 0 Å². The van der Waals surface area contributed by atoms with Crippen molar-refractivity contribution in [2.75, 3.05) is 17.7 Å². The maximum Gasteiger partial charge on any atom is 0.341 e. The van der Waals surface area contributed by atoms with Crippen LogP contribution in [0.2, 0.25) is 0 Å². The normalized spacial score (nSPS) is 13.5. The van der Waals surface area contributed by atoms with Crippen molar-refractivity contribution in [3.8, 4) is 0 Å². The molecule has 0 saturated carbocycles. The highest BCUT2D eigenvalue weighted by atomic mass is 32.1. The van der Waals surface area contributed by atoms with Crippen molar-refractivity contribution in [3.63, 3.8) is 0 Å². The molecule has 0 amide bonds. The molecule has 2 aromatic heterocycles. The average Bonchev–Trinajstić information content (AvgIpc) is 3.25. The number of benzene rings is 1. The standard InChI is InChI=1S/C25H29FN4O2S2/c1-15-22(16(2)30(29-15)14-17-10-8-9-12-19(17)26)27-25(33)28-23-21(24(31)32-3)18-11-6-4-5-7-13-20(18)34-23/h8-10,12H,4-7,11,13-14H2,1-3H3,(H2,27,28,33). The van der Waals surface area contributed by atoms with Gasteiger partial charge in [-0.2, -0.15) is 5.10 Å². The van der Waals surface area contributed by atoms with E-state index in [4.69, 9.17) is 17.0 Å². The monoisotopic (exact) mass is 500 g/mol. The fraction of sp³-hybridized carbons (Fsp3) is 0.400. The van der Waals surface area contributed by atoms with Crippen LogP contribution in [0.4, 0.5) is 15.1 Å².